The average Bonchev–Trinajstić information content (AvgIpc) is 2.51. The van der Waals surface area contributed by atoms with Crippen LogP contribution in [-0.4, -0.2) is 62.5 Å². The number of amides is 2. The Hall–Kier alpha value is -2.08. The van der Waals surface area contributed by atoms with Crippen LogP contribution >= 0.6 is 0 Å². The van der Waals surface area contributed by atoms with Crippen LogP contribution in [-0.2, 0) is 16.1 Å². The van der Waals surface area contributed by atoms with Gasteiger partial charge >= 0.3 is 0 Å². The Labute approximate surface area is 138 Å². The minimum atomic E-state index is -0.132. The summed E-state index contributed by atoms with van der Waals surface area (Å²) >= 11 is 0. The Balaban J connectivity index is 2.47. The molecule has 0 aromatic heterocycles. The van der Waals surface area contributed by atoms with Crippen LogP contribution < -0.4 is 10.1 Å². The minimum absolute atomic E-state index is 0.0727. The summed E-state index contributed by atoms with van der Waals surface area (Å²) in [6.45, 7) is 3.49. The van der Waals surface area contributed by atoms with E-state index in [1.165, 1.54) is 11.8 Å². The van der Waals surface area contributed by atoms with Crippen molar-refractivity contribution in [1.82, 2.24) is 15.1 Å². The molecule has 1 rings (SSSR count). The maximum absolute atomic E-state index is 12.0. The molecule has 0 aliphatic heterocycles. The van der Waals surface area contributed by atoms with E-state index in [0.29, 0.717) is 13.1 Å². The van der Waals surface area contributed by atoms with Crippen molar-refractivity contribution >= 4 is 11.8 Å². The molecular weight excluding hydrogens is 294 g/mol. The van der Waals surface area contributed by atoms with Gasteiger partial charge in [-0.15, -0.1) is 0 Å². The quantitative estimate of drug-likeness (QED) is 0.692. The average molecular weight is 321 g/mol. The topological polar surface area (TPSA) is 61.9 Å². The zero-order valence-corrected chi connectivity index (χ0v) is 14.5. The molecule has 0 heterocycles. The van der Waals surface area contributed by atoms with Gasteiger partial charge in [-0.1, -0.05) is 12.1 Å². The van der Waals surface area contributed by atoms with Gasteiger partial charge in [-0.05, 0) is 44.8 Å². The van der Waals surface area contributed by atoms with Crippen molar-refractivity contribution < 1.29 is 14.3 Å². The largest absolute Gasteiger partial charge is 0.497 e. The number of nitrogens with one attached hydrogen (secondary N) is 1. The lowest BCUT2D eigenvalue weighted by atomic mass is 10.2. The standard InChI is InChI=1S/C17H27N3O3/c1-14(21)20(12-15-6-8-16(23-4)9-7-15)13-17(22)18-10-5-11-19(2)3/h6-9H,5,10-13H2,1-4H3,(H,18,22). The van der Waals surface area contributed by atoms with E-state index >= 15 is 0 Å². The fourth-order valence-electron chi connectivity index (χ4n) is 2.08. The van der Waals surface area contributed by atoms with E-state index < -0.39 is 0 Å². The fraction of sp³-hybridized carbons (Fsp3) is 0.529. The monoisotopic (exact) mass is 321 g/mol. The molecule has 0 saturated heterocycles. The van der Waals surface area contributed by atoms with Crippen molar-refractivity contribution in [3.8, 4) is 5.75 Å². The Bertz CT molecular complexity index is 500. The summed E-state index contributed by atoms with van der Waals surface area (Å²) in [6, 6.07) is 7.47. The van der Waals surface area contributed by atoms with E-state index in [4.69, 9.17) is 4.74 Å². The highest BCUT2D eigenvalue weighted by atomic mass is 16.5. The molecule has 23 heavy (non-hydrogen) atoms. The number of methoxy groups -OCH3 is 1. The molecule has 1 aromatic carbocycles. The predicted octanol–water partition coefficient (Wildman–Crippen LogP) is 1.11. The second kappa shape index (κ2) is 9.84. The molecule has 1 aromatic rings. The van der Waals surface area contributed by atoms with Gasteiger partial charge in [0.15, 0.2) is 0 Å². The summed E-state index contributed by atoms with van der Waals surface area (Å²) in [5.74, 6) is 0.512. The third-order valence-electron chi connectivity index (χ3n) is 3.42. The maximum Gasteiger partial charge on any atom is 0.239 e. The minimum Gasteiger partial charge on any atom is -0.497 e. The third-order valence-corrected chi connectivity index (χ3v) is 3.42. The zero-order chi connectivity index (χ0) is 17.2. The summed E-state index contributed by atoms with van der Waals surface area (Å²) < 4.78 is 5.11. The van der Waals surface area contributed by atoms with Gasteiger partial charge in [0.05, 0.1) is 13.7 Å². The van der Waals surface area contributed by atoms with Crippen LogP contribution in [0.25, 0.3) is 0 Å². The highest BCUT2D eigenvalue weighted by Gasteiger charge is 2.14. The molecule has 0 spiro atoms. The summed E-state index contributed by atoms with van der Waals surface area (Å²) in [7, 11) is 5.60. The lowest BCUT2D eigenvalue weighted by Crippen LogP contribution is -2.40. The van der Waals surface area contributed by atoms with Crippen molar-refractivity contribution in [2.75, 3.05) is 40.8 Å². The van der Waals surface area contributed by atoms with Crippen LogP contribution in [0.3, 0.4) is 0 Å². The molecule has 0 radical (unpaired) electrons. The fourth-order valence-corrected chi connectivity index (χ4v) is 2.08. The Morgan fingerprint density at radius 2 is 1.83 bits per heavy atom. The van der Waals surface area contributed by atoms with Gasteiger partial charge in [0.25, 0.3) is 0 Å². The van der Waals surface area contributed by atoms with Crippen molar-refractivity contribution in [1.29, 1.82) is 0 Å². The Kier molecular flexibility index (Phi) is 8.11. The molecule has 1 N–H and O–H groups in total. The molecule has 0 aliphatic rings. The van der Waals surface area contributed by atoms with Crippen LogP contribution in [0.5, 0.6) is 5.75 Å². The van der Waals surface area contributed by atoms with Crippen molar-refractivity contribution in [3.05, 3.63) is 29.8 Å². The number of hydrogen-bond donors (Lipinski definition) is 1. The molecule has 0 unspecified atom stereocenters. The van der Waals surface area contributed by atoms with Crippen LogP contribution in [0.15, 0.2) is 24.3 Å². The number of carbonyl (C=O) groups excluding carboxylic acids is 2. The number of rotatable bonds is 9. The zero-order valence-electron chi connectivity index (χ0n) is 14.5. The summed E-state index contributed by atoms with van der Waals surface area (Å²) in [6.07, 6.45) is 0.886. The number of carbonyl (C=O) groups is 2. The highest BCUT2D eigenvalue weighted by Crippen LogP contribution is 2.13. The molecule has 0 saturated carbocycles. The predicted molar refractivity (Wildman–Crippen MR) is 90.3 cm³/mol. The normalized spacial score (nSPS) is 10.5. The van der Waals surface area contributed by atoms with E-state index in [1.807, 2.05) is 38.4 Å². The molecule has 6 nitrogen and oxygen atoms in total. The Morgan fingerprint density at radius 3 is 2.35 bits per heavy atom. The smallest absolute Gasteiger partial charge is 0.239 e. The number of hydrogen-bond acceptors (Lipinski definition) is 4. The van der Waals surface area contributed by atoms with Gasteiger partial charge in [-0.25, -0.2) is 0 Å². The summed E-state index contributed by atoms with van der Waals surface area (Å²) in [5.41, 5.74) is 0.960. The van der Waals surface area contributed by atoms with Crippen LogP contribution in [0.4, 0.5) is 0 Å². The first kappa shape index (κ1) is 19.0. The highest BCUT2D eigenvalue weighted by molar-refractivity contribution is 5.83. The molecule has 0 aliphatic carbocycles. The summed E-state index contributed by atoms with van der Waals surface area (Å²) in [5, 5.41) is 2.85. The molecule has 0 atom stereocenters. The molecule has 2 amide bonds. The molecule has 0 fully saturated rings. The van der Waals surface area contributed by atoms with Gasteiger partial charge in [-0.2, -0.15) is 0 Å². The second-order valence-electron chi connectivity index (χ2n) is 5.73. The van der Waals surface area contributed by atoms with Gasteiger partial charge in [0.2, 0.25) is 11.8 Å². The van der Waals surface area contributed by atoms with Gasteiger partial charge in [-0.3, -0.25) is 9.59 Å². The lowest BCUT2D eigenvalue weighted by Gasteiger charge is -2.21. The Morgan fingerprint density at radius 1 is 1.17 bits per heavy atom. The van der Waals surface area contributed by atoms with E-state index in [1.54, 1.807) is 7.11 Å². The van der Waals surface area contributed by atoms with E-state index in [9.17, 15) is 9.59 Å². The van der Waals surface area contributed by atoms with Gasteiger partial charge in [0.1, 0.15) is 5.75 Å². The first-order valence-electron chi connectivity index (χ1n) is 7.72. The molecule has 128 valence electrons. The van der Waals surface area contributed by atoms with Crippen molar-refractivity contribution in [2.45, 2.75) is 19.9 Å². The van der Waals surface area contributed by atoms with Crippen LogP contribution in [0.2, 0.25) is 0 Å². The third kappa shape index (κ3) is 7.65. The number of benzene rings is 1. The number of nitrogens with zero attached hydrogens (tertiary/aromatic N) is 2. The molecular formula is C17H27N3O3. The second-order valence-corrected chi connectivity index (χ2v) is 5.73. The summed E-state index contributed by atoms with van der Waals surface area (Å²) in [4.78, 5) is 27.3. The van der Waals surface area contributed by atoms with E-state index in [2.05, 4.69) is 10.2 Å². The van der Waals surface area contributed by atoms with E-state index in [-0.39, 0.29) is 18.4 Å². The maximum atomic E-state index is 12.0. The first-order valence-corrected chi connectivity index (χ1v) is 7.72. The molecule has 6 heteroatoms. The van der Waals surface area contributed by atoms with Crippen molar-refractivity contribution in [2.24, 2.45) is 0 Å². The molecule has 0 bridgehead atoms. The number of ether oxygens (including phenoxy) is 1. The van der Waals surface area contributed by atoms with E-state index in [0.717, 1.165) is 24.3 Å². The van der Waals surface area contributed by atoms with Crippen LogP contribution in [0.1, 0.15) is 18.9 Å². The first-order chi connectivity index (χ1) is 10.9. The van der Waals surface area contributed by atoms with Crippen molar-refractivity contribution in [3.63, 3.8) is 0 Å². The van der Waals surface area contributed by atoms with Crippen LogP contribution in [0, 0.1) is 0 Å². The SMILES string of the molecule is COc1ccc(CN(CC(=O)NCCCN(C)C)C(C)=O)cc1. The lowest BCUT2D eigenvalue weighted by molar-refractivity contribution is -0.134. The van der Waals surface area contributed by atoms with Gasteiger partial charge < -0.3 is 19.9 Å². The van der Waals surface area contributed by atoms with Gasteiger partial charge in [0, 0.05) is 20.0 Å².